The first-order chi connectivity index (χ1) is 13.1. The van der Waals surface area contributed by atoms with E-state index in [0.29, 0.717) is 36.7 Å². The summed E-state index contributed by atoms with van der Waals surface area (Å²) in [6.45, 7) is 1.75. The largest absolute Gasteiger partial charge is 0.459 e. The number of rotatable bonds is 6. The second-order valence-electron chi connectivity index (χ2n) is 6.26. The third-order valence-electron chi connectivity index (χ3n) is 4.39. The van der Waals surface area contributed by atoms with Crippen molar-refractivity contribution in [3.05, 3.63) is 41.2 Å². The molecule has 0 aliphatic carbocycles. The van der Waals surface area contributed by atoms with Crippen molar-refractivity contribution in [2.75, 3.05) is 31.5 Å². The number of amides is 3. The quantitative estimate of drug-likeness (QED) is 0.652. The fourth-order valence-electron chi connectivity index (χ4n) is 3.03. The third-order valence-corrected chi connectivity index (χ3v) is 5.22. The van der Waals surface area contributed by atoms with E-state index in [4.69, 9.17) is 10.2 Å². The van der Waals surface area contributed by atoms with Crippen LogP contribution < -0.4 is 16.4 Å². The number of carbonyl (C=O) groups is 3. The van der Waals surface area contributed by atoms with Gasteiger partial charge in [-0.1, -0.05) is 0 Å². The number of piperidine rings is 1. The number of nitrogens with two attached hydrogens (primary N) is 1. The summed E-state index contributed by atoms with van der Waals surface area (Å²) < 4.78 is 5.08. The second kappa shape index (κ2) is 10.3. The van der Waals surface area contributed by atoms with E-state index in [9.17, 15) is 14.4 Å². The Hall–Kier alpha value is -2.36. The zero-order chi connectivity index (χ0) is 19.2. The van der Waals surface area contributed by atoms with E-state index in [-0.39, 0.29) is 35.9 Å². The Labute approximate surface area is 172 Å². The maximum atomic E-state index is 12.9. The van der Waals surface area contributed by atoms with Crippen LogP contribution in [0.2, 0.25) is 0 Å². The number of halogens is 1. The Morgan fingerprint density at radius 1 is 1.32 bits per heavy atom. The summed E-state index contributed by atoms with van der Waals surface area (Å²) in [5.41, 5.74) is 5.84. The van der Waals surface area contributed by atoms with Crippen molar-refractivity contribution in [1.82, 2.24) is 10.2 Å². The molecule has 0 radical (unpaired) electrons. The van der Waals surface area contributed by atoms with Crippen LogP contribution in [0.3, 0.4) is 0 Å². The van der Waals surface area contributed by atoms with E-state index < -0.39 is 5.91 Å². The molecule has 10 heteroatoms. The summed E-state index contributed by atoms with van der Waals surface area (Å²) in [6, 6.07) is 4.86. The minimum Gasteiger partial charge on any atom is -0.459 e. The monoisotopic (exact) mass is 426 g/mol. The first-order valence-corrected chi connectivity index (χ1v) is 9.67. The average Bonchev–Trinajstić information content (AvgIpc) is 3.37. The molecular weight excluding hydrogens is 404 g/mol. The Bertz CT molecular complexity index is 808. The number of likely N-dealkylation sites (tertiary alicyclic amines) is 1. The van der Waals surface area contributed by atoms with Crippen LogP contribution in [-0.4, -0.2) is 48.8 Å². The summed E-state index contributed by atoms with van der Waals surface area (Å²) >= 11 is 1.27. The highest BCUT2D eigenvalue weighted by Gasteiger charge is 2.30. The van der Waals surface area contributed by atoms with Crippen molar-refractivity contribution in [3.63, 3.8) is 0 Å². The molecule has 3 rings (SSSR count). The van der Waals surface area contributed by atoms with Crippen LogP contribution in [0, 0.1) is 5.92 Å². The molecule has 8 nitrogen and oxygen atoms in total. The second-order valence-corrected chi connectivity index (χ2v) is 7.18. The maximum Gasteiger partial charge on any atom is 0.291 e. The number of furan rings is 1. The Morgan fingerprint density at radius 3 is 2.86 bits per heavy atom. The van der Waals surface area contributed by atoms with Gasteiger partial charge in [0.25, 0.3) is 11.8 Å². The fraction of sp³-hybridized carbons (Fsp3) is 0.389. The fourth-order valence-corrected chi connectivity index (χ4v) is 3.81. The van der Waals surface area contributed by atoms with E-state index >= 15 is 0 Å². The number of nitrogens with one attached hydrogen (secondary N) is 2. The van der Waals surface area contributed by atoms with Crippen molar-refractivity contribution in [3.8, 4) is 0 Å². The molecule has 4 N–H and O–H groups in total. The van der Waals surface area contributed by atoms with E-state index in [2.05, 4.69) is 10.6 Å². The van der Waals surface area contributed by atoms with Gasteiger partial charge in [-0.05, 0) is 36.4 Å². The van der Waals surface area contributed by atoms with Gasteiger partial charge in [0, 0.05) is 26.2 Å². The molecule has 2 aromatic rings. The van der Waals surface area contributed by atoms with Crippen molar-refractivity contribution < 1.29 is 18.8 Å². The van der Waals surface area contributed by atoms with Gasteiger partial charge in [-0.2, -0.15) is 0 Å². The maximum absolute atomic E-state index is 12.9. The first kappa shape index (κ1) is 21.9. The predicted molar refractivity (Wildman–Crippen MR) is 109 cm³/mol. The van der Waals surface area contributed by atoms with Crippen molar-refractivity contribution in [1.29, 1.82) is 0 Å². The molecule has 1 fully saturated rings. The molecule has 1 atom stereocenters. The molecule has 152 valence electrons. The van der Waals surface area contributed by atoms with Crippen LogP contribution in [0.5, 0.6) is 0 Å². The molecule has 3 amide bonds. The lowest BCUT2D eigenvalue weighted by Gasteiger charge is -2.32. The van der Waals surface area contributed by atoms with Crippen LogP contribution in [0.25, 0.3) is 0 Å². The van der Waals surface area contributed by atoms with Gasteiger partial charge in [0.15, 0.2) is 5.76 Å². The number of hydrogen-bond donors (Lipinski definition) is 3. The summed E-state index contributed by atoms with van der Waals surface area (Å²) in [5.74, 6) is -0.739. The van der Waals surface area contributed by atoms with E-state index in [0.717, 1.165) is 12.8 Å². The van der Waals surface area contributed by atoms with E-state index in [1.807, 2.05) is 0 Å². The normalized spacial score (nSPS) is 16.2. The van der Waals surface area contributed by atoms with E-state index in [1.54, 1.807) is 28.5 Å². The van der Waals surface area contributed by atoms with Gasteiger partial charge >= 0.3 is 0 Å². The van der Waals surface area contributed by atoms with Gasteiger partial charge in [0.05, 0.1) is 17.7 Å². The number of thiophene rings is 1. The molecule has 1 unspecified atom stereocenters. The zero-order valence-electron chi connectivity index (χ0n) is 15.2. The molecule has 28 heavy (non-hydrogen) atoms. The molecule has 0 bridgehead atoms. The first-order valence-electron chi connectivity index (χ1n) is 8.79. The van der Waals surface area contributed by atoms with E-state index in [1.165, 1.54) is 17.6 Å². The van der Waals surface area contributed by atoms with Gasteiger partial charge in [-0.25, -0.2) is 0 Å². The lowest BCUT2D eigenvalue weighted by Crippen LogP contribution is -2.46. The van der Waals surface area contributed by atoms with Crippen molar-refractivity contribution >= 4 is 46.5 Å². The Kier molecular flexibility index (Phi) is 8.04. The van der Waals surface area contributed by atoms with Gasteiger partial charge < -0.3 is 25.7 Å². The molecule has 1 aliphatic rings. The molecule has 0 aromatic carbocycles. The van der Waals surface area contributed by atoms with Gasteiger partial charge in [-0.15, -0.1) is 23.7 Å². The SMILES string of the molecule is Cl.NCCNC(=O)C1CCCN(C(=O)c2ccsc2NC(=O)c2ccco2)C1. The minimum absolute atomic E-state index is 0. The standard InChI is InChI=1S/C18H22N4O4S.ClH/c19-6-7-20-15(23)12-3-1-8-22(11-12)18(25)13-5-10-27-17(13)21-16(24)14-4-2-9-26-14;/h2,4-5,9-10,12H,1,3,6-8,11,19H2,(H,20,23)(H,21,24);1H. The summed E-state index contributed by atoms with van der Waals surface area (Å²) in [4.78, 5) is 39.0. The van der Waals surface area contributed by atoms with Crippen LogP contribution in [0.15, 0.2) is 34.3 Å². The summed E-state index contributed by atoms with van der Waals surface area (Å²) in [7, 11) is 0. The van der Waals surface area contributed by atoms with Crippen LogP contribution in [0.1, 0.15) is 33.8 Å². The average molecular weight is 427 g/mol. The number of anilines is 1. The highest BCUT2D eigenvalue weighted by Crippen LogP contribution is 2.27. The molecule has 0 saturated carbocycles. The molecule has 1 aliphatic heterocycles. The van der Waals surface area contributed by atoms with Gasteiger partial charge in [0.2, 0.25) is 5.91 Å². The van der Waals surface area contributed by atoms with Crippen molar-refractivity contribution in [2.45, 2.75) is 12.8 Å². The number of carbonyl (C=O) groups excluding carboxylic acids is 3. The number of hydrogen-bond acceptors (Lipinski definition) is 6. The van der Waals surface area contributed by atoms with Crippen LogP contribution in [0.4, 0.5) is 5.00 Å². The van der Waals surface area contributed by atoms with Gasteiger partial charge in [0.1, 0.15) is 5.00 Å². The minimum atomic E-state index is -0.408. The predicted octanol–water partition coefficient (Wildman–Crippen LogP) is 1.94. The van der Waals surface area contributed by atoms with Gasteiger partial charge in [-0.3, -0.25) is 14.4 Å². The lowest BCUT2D eigenvalue weighted by molar-refractivity contribution is -0.126. The molecule has 2 aromatic heterocycles. The third kappa shape index (κ3) is 5.12. The summed E-state index contributed by atoms with van der Waals surface area (Å²) in [5, 5.41) is 7.72. The van der Waals surface area contributed by atoms with Crippen LogP contribution >= 0.6 is 23.7 Å². The zero-order valence-corrected chi connectivity index (χ0v) is 16.8. The highest BCUT2D eigenvalue weighted by molar-refractivity contribution is 7.14. The van der Waals surface area contributed by atoms with Crippen LogP contribution in [-0.2, 0) is 4.79 Å². The Morgan fingerprint density at radius 2 is 2.14 bits per heavy atom. The molecule has 0 spiro atoms. The topological polar surface area (TPSA) is 118 Å². The number of nitrogens with zero attached hydrogens (tertiary/aromatic N) is 1. The Balaban J connectivity index is 0.00000280. The highest BCUT2D eigenvalue weighted by atomic mass is 35.5. The van der Waals surface area contributed by atoms with Crippen molar-refractivity contribution in [2.24, 2.45) is 11.7 Å². The lowest BCUT2D eigenvalue weighted by atomic mass is 9.96. The molecule has 1 saturated heterocycles. The smallest absolute Gasteiger partial charge is 0.291 e. The molecule has 3 heterocycles. The summed E-state index contributed by atoms with van der Waals surface area (Å²) in [6.07, 6.45) is 2.91. The molecular formula is C18H23ClN4O4S.